The van der Waals surface area contributed by atoms with E-state index in [-0.39, 0.29) is 0 Å². The maximum Gasteiger partial charge on any atom is 0.164 e. The third-order valence-corrected chi connectivity index (χ3v) is 2.35. The number of fused-ring (bicyclic) bond motifs is 1. The van der Waals surface area contributed by atoms with E-state index in [1.807, 2.05) is 0 Å². The molecule has 1 aromatic rings. The van der Waals surface area contributed by atoms with E-state index in [1.165, 1.54) is 0 Å². The largest absolute Gasteiger partial charge is 0.486 e. The first kappa shape index (κ1) is 10.2. The summed E-state index contributed by atoms with van der Waals surface area (Å²) >= 11 is 0. The van der Waals surface area contributed by atoms with Crippen molar-refractivity contribution < 1.29 is 13.9 Å². The molecule has 1 aliphatic rings. The molecule has 0 aromatic heterocycles. The normalized spacial score (nSPS) is 14.0. The molecule has 1 aliphatic heterocycles. The molecule has 3 nitrogen and oxygen atoms in total. The van der Waals surface area contributed by atoms with Crippen LogP contribution in [0.4, 0.5) is 4.39 Å². The third kappa shape index (κ3) is 2.04. The fourth-order valence-corrected chi connectivity index (χ4v) is 1.71. The van der Waals surface area contributed by atoms with Gasteiger partial charge >= 0.3 is 0 Å². The van der Waals surface area contributed by atoms with Crippen molar-refractivity contribution in [3.8, 4) is 11.5 Å². The van der Waals surface area contributed by atoms with E-state index in [4.69, 9.17) is 15.2 Å². The van der Waals surface area contributed by atoms with E-state index in [2.05, 4.69) is 0 Å². The Labute approximate surface area is 88.0 Å². The minimum atomic E-state index is -0.492. The fraction of sp³-hybridized carbons (Fsp3) is 0.455. The Kier molecular flexibility index (Phi) is 3.06. The Morgan fingerprint density at radius 3 is 2.80 bits per heavy atom. The van der Waals surface area contributed by atoms with Crippen LogP contribution in [-0.4, -0.2) is 19.8 Å². The molecular formula is C11H14FNO2. The van der Waals surface area contributed by atoms with Crippen molar-refractivity contribution in [2.75, 3.05) is 19.8 Å². The first-order valence-electron chi connectivity index (χ1n) is 5.02. The number of hydrogen-bond acceptors (Lipinski definition) is 3. The zero-order valence-electron chi connectivity index (χ0n) is 8.46. The lowest BCUT2D eigenvalue weighted by molar-refractivity contribution is 0.169. The Morgan fingerprint density at radius 2 is 2.07 bits per heavy atom. The molecule has 0 radical (unpaired) electrons. The quantitative estimate of drug-likeness (QED) is 0.822. The smallest absolute Gasteiger partial charge is 0.164 e. The van der Waals surface area contributed by atoms with Gasteiger partial charge in [0.05, 0.1) is 0 Å². The summed E-state index contributed by atoms with van der Waals surface area (Å²) in [7, 11) is 0. The van der Waals surface area contributed by atoms with Gasteiger partial charge in [0.1, 0.15) is 19.9 Å². The Bertz CT molecular complexity index is 355. The molecule has 0 saturated carbocycles. The molecule has 0 unspecified atom stereocenters. The maximum absolute atomic E-state index is 12.6. The van der Waals surface area contributed by atoms with Crippen molar-refractivity contribution in [1.29, 1.82) is 0 Å². The standard InChI is InChI=1S/C11H14FNO2/c12-7-8-5-9(1-2-13)11-10(6-8)14-3-4-15-11/h5-6H,1-4,7,13H2. The van der Waals surface area contributed by atoms with Crippen molar-refractivity contribution in [1.82, 2.24) is 0 Å². The van der Waals surface area contributed by atoms with Crippen LogP contribution in [0, 0.1) is 0 Å². The molecule has 0 saturated heterocycles. The van der Waals surface area contributed by atoms with Gasteiger partial charge in [0, 0.05) is 0 Å². The zero-order valence-corrected chi connectivity index (χ0v) is 8.46. The topological polar surface area (TPSA) is 44.5 Å². The average Bonchev–Trinajstić information content (AvgIpc) is 2.29. The van der Waals surface area contributed by atoms with Gasteiger partial charge in [-0.1, -0.05) is 0 Å². The molecule has 15 heavy (non-hydrogen) atoms. The van der Waals surface area contributed by atoms with Crippen LogP contribution < -0.4 is 15.2 Å². The van der Waals surface area contributed by atoms with Gasteiger partial charge in [-0.3, -0.25) is 0 Å². The summed E-state index contributed by atoms with van der Waals surface area (Å²) in [4.78, 5) is 0. The van der Waals surface area contributed by atoms with Gasteiger partial charge in [0.25, 0.3) is 0 Å². The molecule has 0 aliphatic carbocycles. The van der Waals surface area contributed by atoms with Gasteiger partial charge in [-0.25, -0.2) is 4.39 Å². The minimum absolute atomic E-state index is 0.492. The van der Waals surface area contributed by atoms with E-state index >= 15 is 0 Å². The van der Waals surface area contributed by atoms with Crippen LogP contribution in [0.5, 0.6) is 11.5 Å². The molecule has 4 heteroatoms. The molecule has 1 aromatic carbocycles. The number of ether oxygens (including phenoxy) is 2. The van der Waals surface area contributed by atoms with Gasteiger partial charge in [-0.05, 0) is 36.2 Å². The van der Waals surface area contributed by atoms with E-state index < -0.39 is 6.67 Å². The lowest BCUT2D eigenvalue weighted by Crippen LogP contribution is -2.17. The predicted octanol–water partition coefficient (Wildman–Crippen LogP) is 1.43. The van der Waals surface area contributed by atoms with Crippen molar-refractivity contribution in [2.24, 2.45) is 5.73 Å². The van der Waals surface area contributed by atoms with Crippen LogP contribution in [0.2, 0.25) is 0 Å². The van der Waals surface area contributed by atoms with E-state index in [0.29, 0.717) is 37.5 Å². The van der Waals surface area contributed by atoms with Crippen LogP contribution in [0.1, 0.15) is 11.1 Å². The lowest BCUT2D eigenvalue weighted by Gasteiger charge is -2.21. The van der Waals surface area contributed by atoms with Crippen molar-refractivity contribution in [2.45, 2.75) is 13.1 Å². The van der Waals surface area contributed by atoms with Crippen LogP contribution in [0.3, 0.4) is 0 Å². The number of halogens is 1. The number of benzene rings is 1. The molecule has 0 bridgehead atoms. The SMILES string of the molecule is NCCc1cc(CF)cc2c1OCCO2. The van der Waals surface area contributed by atoms with Gasteiger partial charge in [-0.2, -0.15) is 0 Å². The van der Waals surface area contributed by atoms with Gasteiger partial charge < -0.3 is 15.2 Å². The predicted molar refractivity (Wildman–Crippen MR) is 55.0 cm³/mol. The van der Waals surface area contributed by atoms with Crippen molar-refractivity contribution >= 4 is 0 Å². The summed E-state index contributed by atoms with van der Waals surface area (Å²) in [5.41, 5.74) is 7.04. The second kappa shape index (κ2) is 4.49. The van der Waals surface area contributed by atoms with Crippen LogP contribution >= 0.6 is 0 Å². The van der Waals surface area contributed by atoms with E-state index in [1.54, 1.807) is 12.1 Å². The maximum atomic E-state index is 12.6. The number of rotatable bonds is 3. The molecule has 0 atom stereocenters. The number of alkyl halides is 1. The number of nitrogens with two attached hydrogens (primary N) is 1. The molecule has 1 heterocycles. The fourth-order valence-electron chi connectivity index (χ4n) is 1.71. The second-order valence-corrected chi connectivity index (χ2v) is 3.45. The van der Waals surface area contributed by atoms with Crippen molar-refractivity contribution in [3.63, 3.8) is 0 Å². The van der Waals surface area contributed by atoms with Gasteiger partial charge in [-0.15, -0.1) is 0 Å². The van der Waals surface area contributed by atoms with Crippen LogP contribution in [0.25, 0.3) is 0 Å². The minimum Gasteiger partial charge on any atom is -0.486 e. The molecule has 0 fully saturated rings. The molecule has 0 amide bonds. The highest BCUT2D eigenvalue weighted by Gasteiger charge is 2.16. The van der Waals surface area contributed by atoms with E-state index in [9.17, 15) is 4.39 Å². The highest BCUT2D eigenvalue weighted by atomic mass is 19.1. The average molecular weight is 211 g/mol. The van der Waals surface area contributed by atoms with Crippen molar-refractivity contribution in [3.05, 3.63) is 23.3 Å². The Morgan fingerprint density at radius 1 is 1.27 bits per heavy atom. The lowest BCUT2D eigenvalue weighted by atomic mass is 10.1. The molecule has 2 N–H and O–H groups in total. The highest BCUT2D eigenvalue weighted by Crippen LogP contribution is 2.35. The molecule has 0 spiro atoms. The highest BCUT2D eigenvalue weighted by molar-refractivity contribution is 5.50. The molecular weight excluding hydrogens is 197 g/mol. The summed E-state index contributed by atoms with van der Waals surface area (Å²) in [6, 6.07) is 3.48. The summed E-state index contributed by atoms with van der Waals surface area (Å²) in [5, 5.41) is 0. The summed E-state index contributed by atoms with van der Waals surface area (Å²) < 4.78 is 23.5. The monoisotopic (exact) mass is 211 g/mol. The molecule has 2 rings (SSSR count). The zero-order chi connectivity index (χ0) is 10.7. The summed E-state index contributed by atoms with van der Waals surface area (Å²) in [6.45, 7) is 1.09. The Hall–Kier alpha value is -1.29. The second-order valence-electron chi connectivity index (χ2n) is 3.45. The summed E-state index contributed by atoms with van der Waals surface area (Å²) in [6.07, 6.45) is 0.680. The number of hydrogen-bond donors (Lipinski definition) is 1. The first-order chi connectivity index (χ1) is 7.35. The summed E-state index contributed by atoms with van der Waals surface area (Å²) in [5.74, 6) is 1.36. The van der Waals surface area contributed by atoms with E-state index in [0.717, 1.165) is 11.3 Å². The molecule has 82 valence electrons. The first-order valence-corrected chi connectivity index (χ1v) is 5.02. The van der Waals surface area contributed by atoms with Crippen LogP contribution in [-0.2, 0) is 13.1 Å². The van der Waals surface area contributed by atoms with Gasteiger partial charge in [0.2, 0.25) is 0 Å². The van der Waals surface area contributed by atoms with Crippen LogP contribution in [0.15, 0.2) is 12.1 Å². The van der Waals surface area contributed by atoms with Gasteiger partial charge in [0.15, 0.2) is 11.5 Å². The third-order valence-electron chi connectivity index (χ3n) is 2.35. The Balaban J connectivity index is 2.41.